The van der Waals surface area contributed by atoms with Gasteiger partial charge in [-0.25, -0.2) is 0 Å². The van der Waals surface area contributed by atoms with Gasteiger partial charge in [-0.1, -0.05) is 36.4 Å². The average Bonchev–Trinajstić information content (AvgIpc) is 3.55. The van der Waals surface area contributed by atoms with Crippen molar-refractivity contribution in [1.29, 1.82) is 0 Å². The Labute approximate surface area is 269 Å². The summed E-state index contributed by atoms with van der Waals surface area (Å²) in [5, 5.41) is 6.67. The van der Waals surface area contributed by atoms with Gasteiger partial charge in [-0.15, -0.1) is 0 Å². The molecular formula is C35H30F3N5O2S. The van der Waals surface area contributed by atoms with Gasteiger partial charge < -0.3 is 24.8 Å². The molecule has 11 heteroatoms. The molecule has 7 nitrogen and oxygen atoms in total. The zero-order chi connectivity index (χ0) is 32.4. The third kappa shape index (κ3) is 6.18. The molecule has 3 heterocycles. The van der Waals surface area contributed by atoms with Crippen LogP contribution in [0.5, 0.6) is 5.75 Å². The first kappa shape index (κ1) is 30.8. The summed E-state index contributed by atoms with van der Waals surface area (Å²) in [6.07, 6.45) is -2.83. The normalized spacial score (nSPS) is 16.3. The summed E-state index contributed by atoms with van der Waals surface area (Å²) in [6.45, 7) is 3.47. The molecule has 2 aromatic heterocycles. The summed E-state index contributed by atoms with van der Waals surface area (Å²) >= 11 is 5.85. The number of aromatic nitrogens is 2. The van der Waals surface area contributed by atoms with E-state index in [0.717, 1.165) is 23.0 Å². The Morgan fingerprint density at radius 3 is 2.35 bits per heavy atom. The monoisotopic (exact) mass is 641 g/mol. The van der Waals surface area contributed by atoms with Gasteiger partial charge in [-0.3, -0.25) is 9.78 Å². The van der Waals surface area contributed by atoms with Gasteiger partial charge in [0, 0.05) is 29.0 Å². The predicted molar refractivity (Wildman–Crippen MR) is 175 cm³/mol. The summed E-state index contributed by atoms with van der Waals surface area (Å²) in [6, 6.07) is 28.5. The van der Waals surface area contributed by atoms with Gasteiger partial charge in [0.2, 0.25) is 0 Å². The van der Waals surface area contributed by atoms with E-state index in [1.54, 1.807) is 48.0 Å². The molecule has 0 radical (unpaired) electrons. The van der Waals surface area contributed by atoms with Crippen molar-refractivity contribution in [2.75, 3.05) is 16.8 Å². The standard InChI is InChI=1S/C35H30F3N5O2S/c1-22-20-27(23(2)42(22)30-14-7-6-12-28(30)35(36,37)38)33-32(29-13-8-9-19-39-29)41-34(46)43(33)25-17-15-24(16-18-25)40-31(44)21-45-26-10-4-3-5-11-26/h3-20,32-33H,21H2,1-2H3,(H,40,44)(H,41,46)/t32-,33-/m0/s1. The minimum Gasteiger partial charge on any atom is -0.484 e. The van der Waals surface area contributed by atoms with Crippen molar-refractivity contribution in [3.05, 3.63) is 138 Å². The lowest BCUT2D eigenvalue weighted by Crippen LogP contribution is -2.29. The number of carbonyl (C=O) groups excluding carboxylic acids is 1. The van der Waals surface area contributed by atoms with Gasteiger partial charge in [0.05, 0.1) is 29.0 Å². The quantitative estimate of drug-likeness (QED) is 0.169. The number of thiocarbonyl (C=S) groups is 1. The number of amides is 1. The SMILES string of the molecule is Cc1cc([C@H]2[C@H](c3ccccn3)NC(=S)N2c2ccc(NC(=O)COc3ccccc3)cc2)c(C)n1-c1ccccc1C(F)(F)F. The smallest absolute Gasteiger partial charge is 0.418 e. The highest BCUT2D eigenvalue weighted by Crippen LogP contribution is 2.44. The lowest BCUT2D eigenvalue weighted by molar-refractivity contribution is -0.137. The second-order valence-corrected chi connectivity index (χ2v) is 11.3. The number of nitrogens with one attached hydrogen (secondary N) is 2. The molecule has 234 valence electrons. The number of rotatable bonds is 8. The van der Waals surface area contributed by atoms with Crippen LogP contribution in [0.25, 0.3) is 5.69 Å². The largest absolute Gasteiger partial charge is 0.484 e. The number of ether oxygens (including phenoxy) is 1. The molecule has 0 bridgehead atoms. The maximum absolute atomic E-state index is 14.1. The Hall–Kier alpha value is -5.16. The van der Waals surface area contributed by atoms with E-state index in [1.165, 1.54) is 12.1 Å². The van der Waals surface area contributed by atoms with Crippen LogP contribution >= 0.6 is 12.2 Å². The molecule has 1 aliphatic heterocycles. The molecule has 1 amide bonds. The van der Waals surface area contributed by atoms with Crippen LogP contribution in [0.1, 0.15) is 40.3 Å². The topological polar surface area (TPSA) is 71.4 Å². The molecular weight excluding hydrogens is 611 g/mol. The van der Waals surface area contributed by atoms with Crippen LogP contribution in [0.15, 0.2) is 109 Å². The molecule has 46 heavy (non-hydrogen) atoms. The molecule has 6 rings (SSSR count). The number of carbonyl (C=O) groups is 1. The number of hydrogen-bond donors (Lipinski definition) is 2. The third-order valence-electron chi connectivity index (χ3n) is 7.88. The van der Waals surface area contributed by atoms with Crippen LogP contribution < -0.4 is 20.3 Å². The van der Waals surface area contributed by atoms with Crippen molar-refractivity contribution in [2.24, 2.45) is 0 Å². The predicted octanol–water partition coefficient (Wildman–Crippen LogP) is 7.70. The van der Waals surface area contributed by atoms with E-state index >= 15 is 0 Å². The number of hydrogen-bond acceptors (Lipinski definition) is 4. The lowest BCUT2D eigenvalue weighted by atomic mass is 9.96. The number of benzene rings is 3. The molecule has 0 spiro atoms. The van der Waals surface area contributed by atoms with Crippen LogP contribution in [0, 0.1) is 13.8 Å². The van der Waals surface area contributed by atoms with Gasteiger partial charge in [-0.05, 0) is 98.4 Å². The number of nitrogens with zero attached hydrogens (tertiary/aromatic N) is 3. The molecule has 2 atom stereocenters. The summed E-state index contributed by atoms with van der Waals surface area (Å²) in [5.41, 5.74) is 3.49. The summed E-state index contributed by atoms with van der Waals surface area (Å²) in [5.74, 6) is 0.285. The van der Waals surface area contributed by atoms with E-state index in [2.05, 4.69) is 15.6 Å². The number of para-hydroxylation sites is 2. The molecule has 0 unspecified atom stereocenters. The number of halogens is 3. The number of alkyl halides is 3. The van der Waals surface area contributed by atoms with Crippen molar-refractivity contribution in [3.63, 3.8) is 0 Å². The lowest BCUT2D eigenvalue weighted by Gasteiger charge is -2.28. The maximum atomic E-state index is 14.1. The fourth-order valence-corrected chi connectivity index (χ4v) is 6.23. The first-order valence-corrected chi connectivity index (χ1v) is 15.0. The van der Waals surface area contributed by atoms with Crippen LogP contribution in [0.3, 0.4) is 0 Å². The zero-order valence-corrected chi connectivity index (χ0v) is 25.8. The van der Waals surface area contributed by atoms with Crippen molar-refractivity contribution < 1.29 is 22.7 Å². The molecule has 3 aromatic carbocycles. The van der Waals surface area contributed by atoms with Gasteiger partial charge >= 0.3 is 6.18 Å². The molecule has 1 saturated heterocycles. The fraction of sp³-hybridized carbons (Fsp3) is 0.171. The second-order valence-electron chi connectivity index (χ2n) is 10.9. The van der Waals surface area contributed by atoms with Crippen molar-refractivity contribution in [3.8, 4) is 11.4 Å². The minimum atomic E-state index is -4.52. The third-order valence-corrected chi connectivity index (χ3v) is 8.19. The molecule has 1 fully saturated rings. The van der Waals surface area contributed by atoms with E-state index in [4.69, 9.17) is 17.0 Å². The Bertz CT molecular complexity index is 1860. The molecule has 0 saturated carbocycles. The Kier molecular flexibility index (Phi) is 8.50. The second kappa shape index (κ2) is 12.7. The highest BCUT2D eigenvalue weighted by atomic mass is 32.1. The van der Waals surface area contributed by atoms with E-state index in [-0.39, 0.29) is 18.2 Å². The van der Waals surface area contributed by atoms with Crippen LogP contribution in [0.4, 0.5) is 24.5 Å². The van der Waals surface area contributed by atoms with Crippen LogP contribution in [-0.2, 0) is 11.0 Å². The van der Waals surface area contributed by atoms with Crippen molar-refractivity contribution in [2.45, 2.75) is 32.1 Å². The molecule has 0 aliphatic carbocycles. The maximum Gasteiger partial charge on any atom is 0.418 e. The van der Waals surface area contributed by atoms with E-state index in [9.17, 15) is 18.0 Å². The van der Waals surface area contributed by atoms with E-state index in [0.29, 0.717) is 27.9 Å². The highest BCUT2D eigenvalue weighted by Gasteiger charge is 2.43. The Morgan fingerprint density at radius 2 is 1.65 bits per heavy atom. The zero-order valence-electron chi connectivity index (χ0n) is 25.0. The number of anilines is 2. The van der Waals surface area contributed by atoms with Crippen molar-refractivity contribution >= 4 is 34.6 Å². The van der Waals surface area contributed by atoms with Gasteiger partial charge in [0.15, 0.2) is 11.7 Å². The van der Waals surface area contributed by atoms with Crippen LogP contribution in [0.2, 0.25) is 0 Å². The van der Waals surface area contributed by atoms with Crippen molar-refractivity contribution in [1.82, 2.24) is 14.9 Å². The first-order valence-electron chi connectivity index (χ1n) is 14.6. The Balaban J connectivity index is 1.34. The summed E-state index contributed by atoms with van der Waals surface area (Å²) in [4.78, 5) is 19.1. The first-order chi connectivity index (χ1) is 22.1. The van der Waals surface area contributed by atoms with Gasteiger partial charge in [-0.2, -0.15) is 13.2 Å². The number of pyridine rings is 1. The minimum absolute atomic E-state index is 0.0575. The van der Waals surface area contributed by atoms with Crippen LogP contribution in [-0.4, -0.2) is 27.2 Å². The average molecular weight is 642 g/mol. The van der Waals surface area contributed by atoms with Gasteiger partial charge in [0.25, 0.3) is 5.91 Å². The molecule has 5 aromatic rings. The van der Waals surface area contributed by atoms with E-state index in [1.807, 2.05) is 66.4 Å². The fourth-order valence-electron chi connectivity index (χ4n) is 5.88. The van der Waals surface area contributed by atoms with Gasteiger partial charge in [0.1, 0.15) is 5.75 Å². The number of aryl methyl sites for hydroxylation is 1. The summed E-state index contributed by atoms with van der Waals surface area (Å²) in [7, 11) is 0. The molecule has 2 N–H and O–H groups in total. The summed E-state index contributed by atoms with van der Waals surface area (Å²) < 4.78 is 49.4. The highest BCUT2D eigenvalue weighted by molar-refractivity contribution is 7.80. The molecule has 1 aliphatic rings. The van der Waals surface area contributed by atoms with E-state index < -0.39 is 23.8 Å². The Morgan fingerprint density at radius 1 is 0.957 bits per heavy atom.